The number of hydrogen-bond acceptors (Lipinski definition) is 5. The molecule has 0 atom stereocenters. The zero-order valence-corrected chi connectivity index (χ0v) is 16.5. The number of para-hydroxylation sites is 1. The van der Waals surface area contributed by atoms with Gasteiger partial charge >= 0.3 is 0 Å². The van der Waals surface area contributed by atoms with Crippen molar-refractivity contribution in [3.63, 3.8) is 0 Å². The van der Waals surface area contributed by atoms with Crippen molar-refractivity contribution < 1.29 is 9.32 Å². The molecule has 0 spiro atoms. The van der Waals surface area contributed by atoms with Gasteiger partial charge in [0.15, 0.2) is 5.82 Å². The van der Waals surface area contributed by atoms with Crippen LogP contribution in [0, 0.1) is 0 Å². The molecule has 1 amide bonds. The molecule has 146 valence electrons. The van der Waals surface area contributed by atoms with Gasteiger partial charge in [-0.25, -0.2) is 0 Å². The van der Waals surface area contributed by atoms with E-state index >= 15 is 0 Å². The Morgan fingerprint density at radius 3 is 2.54 bits per heavy atom. The summed E-state index contributed by atoms with van der Waals surface area (Å²) in [5.74, 6) is 0.834. The Balaban J connectivity index is 0.00000225. The van der Waals surface area contributed by atoms with Gasteiger partial charge < -0.3 is 15.2 Å². The van der Waals surface area contributed by atoms with E-state index in [4.69, 9.17) is 10.3 Å². The zero-order chi connectivity index (χ0) is 18.9. The lowest BCUT2D eigenvalue weighted by Crippen LogP contribution is -2.34. The summed E-state index contributed by atoms with van der Waals surface area (Å²) in [5, 5.41) is 4.10. The Kier molecular flexibility index (Phi) is 5.82. The number of nitrogens with two attached hydrogens (primary N) is 1. The zero-order valence-electron chi connectivity index (χ0n) is 15.7. The molecule has 1 fully saturated rings. The van der Waals surface area contributed by atoms with Gasteiger partial charge in [0.1, 0.15) is 0 Å². The summed E-state index contributed by atoms with van der Waals surface area (Å²) < 4.78 is 5.44. The van der Waals surface area contributed by atoms with E-state index in [1.807, 2.05) is 42.5 Å². The van der Waals surface area contributed by atoms with Gasteiger partial charge in [-0.15, -0.1) is 12.4 Å². The van der Waals surface area contributed by atoms with E-state index < -0.39 is 5.54 Å². The van der Waals surface area contributed by atoms with E-state index in [1.165, 1.54) is 0 Å². The van der Waals surface area contributed by atoms with Crippen molar-refractivity contribution in [2.45, 2.75) is 31.2 Å². The third kappa shape index (κ3) is 3.79. The SMILES string of the molecule is CN(C(=O)c1cccc(-c2nc(C3(N)CCCC3)no2)c1)c1ccccc1.Cl. The van der Waals surface area contributed by atoms with Crippen LogP contribution in [0.4, 0.5) is 5.69 Å². The minimum atomic E-state index is -0.497. The molecule has 2 N–H and O–H groups in total. The van der Waals surface area contributed by atoms with Crippen LogP contribution < -0.4 is 10.6 Å². The Labute approximate surface area is 170 Å². The van der Waals surface area contributed by atoms with Gasteiger partial charge in [-0.05, 0) is 43.2 Å². The van der Waals surface area contributed by atoms with Gasteiger partial charge in [0.2, 0.25) is 0 Å². The van der Waals surface area contributed by atoms with Gasteiger partial charge in [-0.1, -0.05) is 42.3 Å². The summed E-state index contributed by atoms with van der Waals surface area (Å²) >= 11 is 0. The number of carbonyl (C=O) groups is 1. The van der Waals surface area contributed by atoms with E-state index in [2.05, 4.69) is 10.1 Å². The van der Waals surface area contributed by atoms with Crippen LogP contribution in [0.2, 0.25) is 0 Å². The maximum atomic E-state index is 12.8. The first kappa shape index (κ1) is 20.0. The molecular formula is C21H23ClN4O2. The van der Waals surface area contributed by atoms with E-state index in [-0.39, 0.29) is 18.3 Å². The van der Waals surface area contributed by atoms with Crippen LogP contribution >= 0.6 is 12.4 Å². The highest BCUT2D eigenvalue weighted by Crippen LogP contribution is 2.35. The lowest BCUT2D eigenvalue weighted by atomic mass is 9.98. The average Bonchev–Trinajstić information content (AvgIpc) is 3.38. The van der Waals surface area contributed by atoms with Crippen molar-refractivity contribution >= 4 is 24.0 Å². The second-order valence-corrected chi connectivity index (χ2v) is 7.07. The molecule has 0 bridgehead atoms. The molecule has 1 aromatic heterocycles. The van der Waals surface area contributed by atoms with Crippen LogP contribution in [0.3, 0.4) is 0 Å². The number of benzene rings is 2. The highest BCUT2D eigenvalue weighted by molar-refractivity contribution is 6.06. The highest BCUT2D eigenvalue weighted by atomic mass is 35.5. The number of anilines is 1. The van der Waals surface area contributed by atoms with Crippen molar-refractivity contribution in [1.29, 1.82) is 0 Å². The summed E-state index contributed by atoms with van der Waals surface area (Å²) in [6, 6.07) is 16.8. The van der Waals surface area contributed by atoms with E-state index in [0.29, 0.717) is 22.8 Å². The molecular weight excluding hydrogens is 376 g/mol. The fraction of sp³-hybridized carbons (Fsp3) is 0.286. The van der Waals surface area contributed by atoms with Gasteiger partial charge in [-0.3, -0.25) is 4.79 Å². The van der Waals surface area contributed by atoms with Crippen molar-refractivity contribution in [1.82, 2.24) is 10.1 Å². The number of aromatic nitrogens is 2. The molecule has 1 heterocycles. The summed E-state index contributed by atoms with van der Waals surface area (Å²) in [6.45, 7) is 0. The molecule has 0 unspecified atom stereocenters. The number of carbonyl (C=O) groups excluding carboxylic acids is 1. The summed E-state index contributed by atoms with van der Waals surface area (Å²) in [5.41, 5.74) is 8.01. The van der Waals surface area contributed by atoms with Gasteiger partial charge in [0.25, 0.3) is 11.8 Å². The molecule has 1 aliphatic carbocycles. The first-order valence-electron chi connectivity index (χ1n) is 9.13. The molecule has 6 nitrogen and oxygen atoms in total. The van der Waals surface area contributed by atoms with Crippen LogP contribution in [-0.4, -0.2) is 23.1 Å². The molecule has 0 aliphatic heterocycles. The minimum Gasteiger partial charge on any atom is -0.334 e. The molecule has 28 heavy (non-hydrogen) atoms. The predicted octanol–water partition coefficient (Wildman–Crippen LogP) is 4.16. The van der Waals surface area contributed by atoms with E-state index in [1.54, 1.807) is 24.1 Å². The topological polar surface area (TPSA) is 85.2 Å². The van der Waals surface area contributed by atoms with Crippen LogP contribution in [0.15, 0.2) is 59.1 Å². The number of nitrogens with zero attached hydrogens (tertiary/aromatic N) is 3. The molecule has 0 saturated heterocycles. The predicted molar refractivity (Wildman–Crippen MR) is 110 cm³/mol. The van der Waals surface area contributed by atoms with Gasteiger partial charge in [0, 0.05) is 23.9 Å². The van der Waals surface area contributed by atoms with Crippen LogP contribution in [0.25, 0.3) is 11.5 Å². The molecule has 4 rings (SSSR count). The van der Waals surface area contributed by atoms with Crippen molar-refractivity contribution in [3.8, 4) is 11.5 Å². The number of rotatable bonds is 4. The lowest BCUT2D eigenvalue weighted by molar-refractivity contribution is 0.0993. The smallest absolute Gasteiger partial charge is 0.258 e. The third-order valence-corrected chi connectivity index (χ3v) is 5.17. The maximum Gasteiger partial charge on any atom is 0.258 e. The Morgan fingerprint density at radius 1 is 1.11 bits per heavy atom. The molecule has 1 aliphatic rings. The molecule has 3 aromatic rings. The maximum absolute atomic E-state index is 12.8. The fourth-order valence-corrected chi connectivity index (χ4v) is 3.52. The van der Waals surface area contributed by atoms with E-state index in [9.17, 15) is 4.79 Å². The minimum absolute atomic E-state index is 0. The summed E-state index contributed by atoms with van der Waals surface area (Å²) in [4.78, 5) is 19.0. The third-order valence-electron chi connectivity index (χ3n) is 5.17. The molecule has 1 saturated carbocycles. The second kappa shape index (κ2) is 8.12. The largest absolute Gasteiger partial charge is 0.334 e. The molecule has 0 radical (unpaired) electrons. The molecule has 2 aromatic carbocycles. The molecule has 7 heteroatoms. The van der Waals surface area contributed by atoms with Crippen molar-refractivity contribution in [2.24, 2.45) is 5.73 Å². The number of hydrogen-bond donors (Lipinski definition) is 1. The Morgan fingerprint density at radius 2 is 1.82 bits per heavy atom. The van der Waals surface area contributed by atoms with Crippen LogP contribution in [-0.2, 0) is 5.54 Å². The first-order valence-corrected chi connectivity index (χ1v) is 9.13. The van der Waals surface area contributed by atoms with Crippen LogP contribution in [0.5, 0.6) is 0 Å². The van der Waals surface area contributed by atoms with Crippen molar-refractivity contribution in [2.75, 3.05) is 11.9 Å². The average molecular weight is 399 g/mol. The Hall–Kier alpha value is -2.70. The van der Waals surface area contributed by atoms with Gasteiger partial charge in [0.05, 0.1) is 5.54 Å². The second-order valence-electron chi connectivity index (χ2n) is 7.07. The first-order chi connectivity index (χ1) is 13.1. The Bertz CT molecular complexity index is 952. The lowest BCUT2D eigenvalue weighted by Gasteiger charge is -2.18. The monoisotopic (exact) mass is 398 g/mol. The van der Waals surface area contributed by atoms with E-state index in [0.717, 1.165) is 31.4 Å². The fourth-order valence-electron chi connectivity index (χ4n) is 3.52. The summed E-state index contributed by atoms with van der Waals surface area (Å²) in [7, 11) is 1.76. The number of amides is 1. The highest BCUT2D eigenvalue weighted by Gasteiger charge is 2.36. The quantitative estimate of drug-likeness (QED) is 0.713. The summed E-state index contributed by atoms with van der Waals surface area (Å²) in [6.07, 6.45) is 3.89. The normalized spacial score (nSPS) is 15.1. The van der Waals surface area contributed by atoms with Crippen molar-refractivity contribution in [3.05, 3.63) is 66.0 Å². The van der Waals surface area contributed by atoms with Gasteiger partial charge in [-0.2, -0.15) is 4.98 Å². The van der Waals surface area contributed by atoms with Crippen LogP contribution in [0.1, 0.15) is 41.9 Å². The number of halogens is 1. The standard InChI is InChI=1S/C21H22N4O2.ClH/c1-25(17-10-3-2-4-11-17)19(26)16-9-7-8-15(14-16)18-23-20(24-27-18)21(22)12-5-6-13-21;/h2-4,7-11,14H,5-6,12-13,22H2,1H3;1H.